The largest absolute Gasteiger partial charge is 0.441 e. The van der Waals surface area contributed by atoms with E-state index < -0.39 is 22.2 Å². The predicted molar refractivity (Wildman–Crippen MR) is 81.4 cm³/mol. The minimum Gasteiger partial charge on any atom is -0.441 e. The van der Waals surface area contributed by atoms with Crippen molar-refractivity contribution in [1.29, 1.82) is 0 Å². The predicted octanol–water partition coefficient (Wildman–Crippen LogP) is 3.01. The van der Waals surface area contributed by atoms with Crippen LogP contribution in [-0.4, -0.2) is 20.6 Å². The molecule has 1 unspecified atom stereocenters. The molecule has 0 aliphatic rings. The van der Waals surface area contributed by atoms with E-state index in [1.807, 2.05) is 32.4 Å². The number of sulfonamides is 1. The Labute approximate surface area is 126 Å². The van der Waals surface area contributed by atoms with E-state index in [2.05, 4.69) is 6.58 Å². The second-order valence-corrected chi connectivity index (χ2v) is 7.53. The zero-order valence-electron chi connectivity index (χ0n) is 12.7. The van der Waals surface area contributed by atoms with Gasteiger partial charge in [-0.3, -0.25) is 0 Å². The van der Waals surface area contributed by atoms with Crippen LogP contribution in [0, 0.1) is 12.3 Å². The molecule has 1 N–H and O–H groups in total. The Morgan fingerprint density at radius 1 is 1.29 bits per heavy atom. The van der Waals surface area contributed by atoms with Crippen LogP contribution in [0.4, 0.5) is 4.79 Å². The molecule has 0 fully saturated rings. The van der Waals surface area contributed by atoms with E-state index in [9.17, 15) is 13.2 Å². The lowest BCUT2D eigenvalue weighted by molar-refractivity contribution is 0.0656. The fourth-order valence-corrected chi connectivity index (χ4v) is 2.48. The molecule has 5 nitrogen and oxygen atoms in total. The van der Waals surface area contributed by atoms with Crippen molar-refractivity contribution in [2.45, 2.75) is 38.7 Å². The van der Waals surface area contributed by atoms with Gasteiger partial charge in [0.05, 0.1) is 4.90 Å². The fourth-order valence-electron chi connectivity index (χ4n) is 1.60. The third-order valence-corrected chi connectivity index (χ3v) is 4.18. The average molecular weight is 311 g/mol. The van der Waals surface area contributed by atoms with E-state index in [-0.39, 0.29) is 10.3 Å². The summed E-state index contributed by atoms with van der Waals surface area (Å²) in [5, 5.41) is 0. The molecule has 1 rings (SSSR count). The van der Waals surface area contributed by atoms with Gasteiger partial charge in [0.15, 0.2) is 0 Å². The molecule has 0 saturated carbocycles. The van der Waals surface area contributed by atoms with Crippen molar-refractivity contribution in [1.82, 2.24) is 4.72 Å². The van der Waals surface area contributed by atoms with Gasteiger partial charge in [0.25, 0.3) is 10.0 Å². The van der Waals surface area contributed by atoms with Crippen LogP contribution in [0.15, 0.2) is 41.8 Å². The molecule has 116 valence electrons. The number of carbonyl (C=O) groups is 1. The first-order chi connectivity index (χ1) is 9.56. The van der Waals surface area contributed by atoms with Gasteiger partial charge in [-0.25, -0.2) is 17.9 Å². The van der Waals surface area contributed by atoms with Crippen LogP contribution < -0.4 is 4.72 Å². The molecular formula is C15H21NO4S. The molecule has 0 saturated heterocycles. The van der Waals surface area contributed by atoms with Crippen molar-refractivity contribution in [2.75, 3.05) is 0 Å². The molecule has 1 amide bonds. The summed E-state index contributed by atoms with van der Waals surface area (Å²) >= 11 is 0. The molecule has 0 aromatic heterocycles. The normalized spacial score (nSPS) is 13.3. The lowest BCUT2D eigenvalue weighted by Crippen LogP contribution is -2.37. The van der Waals surface area contributed by atoms with Crippen LogP contribution >= 0.6 is 0 Å². The van der Waals surface area contributed by atoms with Crippen molar-refractivity contribution in [3.05, 3.63) is 42.5 Å². The number of amides is 1. The third kappa shape index (κ3) is 4.90. The lowest BCUT2D eigenvalue weighted by Gasteiger charge is -2.27. The summed E-state index contributed by atoms with van der Waals surface area (Å²) in [5.74, 6) is 0. The van der Waals surface area contributed by atoms with Gasteiger partial charge >= 0.3 is 6.09 Å². The first-order valence-electron chi connectivity index (χ1n) is 6.49. The first-order valence-corrected chi connectivity index (χ1v) is 7.97. The van der Waals surface area contributed by atoms with E-state index in [0.29, 0.717) is 0 Å². The van der Waals surface area contributed by atoms with Crippen LogP contribution in [0.2, 0.25) is 0 Å². The number of aryl methyl sites for hydroxylation is 1. The minimum atomic E-state index is -3.93. The number of carbonyl (C=O) groups excluding carboxylic acids is 1. The highest BCUT2D eigenvalue weighted by molar-refractivity contribution is 7.90. The zero-order valence-corrected chi connectivity index (χ0v) is 13.5. The molecule has 0 aliphatic heterocycles. The lowest BCUT2D eigenvalue weighted by atomic mass is 9.89. The Bertz CT molecular complexity index is 612. The summed E-state index contributed by atoms with van der Waals surface area (Å²) in [4.78, 5) is 11.8. The smallest absolute Gasteiger partial charge is 0.421 e. The van der Waals surface area contributed by atoms with Crippen molar-refractivity contribution in [3.8, 4) is 0 Å². The maximum Gasteiger partial charge on any atom is 0.421 e. The van der Waals surface area contributed by atoms with Gasteiger partial charge in [-0.05, 0) is 19.1 Å². The van der Waals surface area contributed by atoms with Crippen LogP contribution in [0.5, 0.6) is 0 Å². The summed E-state index contributed by atoms with van der Waals surface area (Å²) in [7, 11) is -3.93. The Hall–Kier alpha value is -1.82. The highest BCUT2D eigenvalue weighted by Crippen LogP contribution is 2.23. The first kappa shape index (κ1) is 17.2. The molecule has 0 bridgehead atoms. The number of nitrogens with one attached hydrogen (secondary N) is 1. The highest BCUT2D eigenvalue weighted by Gasteiger charge is 2.27. The molecular weight excluding hydrogens is 290 g/mol. The quantitative estimate of drug-likeness (QED) is 0.868. The van der Waals surface area contributed by atoms with E-state index in [0.717, 1.165) is 5.56 Å². The number of rotatable bonds is 4. The van der Waals surface area contributed by atoms with Crippen molar-refractivity contribution in [2.24, 2.45) is 5.41 Å². The second kappa shape index (κ2) is 6.30. The molecule has 6 heteroatoms. The van der Waals surface area contributed by atoms with E-state index in [1.54, 1.807) is 12.1 Å². The Morgan fingerprint density at radius 2 is 1.81 bits per heavy atom. The summed E-state index contributed by atoms with van der Waals surface area (Å²) in [5.41, 5.74) is 0.558. The van der Waals surface area contributed by atoms with Crippen molar-refractivity contribution >= 4 is 16.1 Å². The Morgan fingerprint density at radius 3 is 2.24 bits per heavy atom. The van der Waals surface area contributed by atoms with Crippen molar-refractivity contribution < 1.29 is 17.9 Å². The molecule has 1 aromatic carbocycles. The van der Waals surface area contributed by atoms with Gasteiger partial charge in [-0.1, -0.05) is 51.1 Å². The number of ether oxygens (including phenoxy) is 1. The van der Waals surface area contributed by atoms with Gasteiger partial charge in [0.1, 0.15) is 6.10 Å². The second-order valence-electron chi connectivity index (χ2n) is 5.85. The number of hydrogen-bond donors (Lipinski definition) is 1. The van der Waals surface area contributed by atoms with Gasteiger partial charge in [-0.2, -0.15) is 0 Å². The molecule has 0 heterocycles. The minimum absolute atomic E-state index is 0.0101. The highest BCUT2D eigenvalue weighted by atomic mass is 32.2. The van der Waals surface area contributed by atoms with Crippen molar-refractivity contribution in [3.63, 3.8) is 0 Å². The van der Waals surface area contributed by atoms with E-state index in [4.69, 9.17) is 4.74 Å². The average Bonchev–Trinajstić information content (AvgIpc) is 2.34. The molecule has 0 radical (unpaired) electrons. The number of hydrogen-bond acceptors (Lipinski definition) is 4. The third-order valence-electron chi connectivity index (χ3n) is 2.85. The van der Waals surface area contributed by atoms with Crippen LogP contribution in [0.1, 0.15) is 26.3 Å². The van der Waals surface area contributed by atoms with Crippen LogP contribution in [0.25, 0.3) is 0 Å². The summed E-state index contributed by atoms with van der Waals surface area (Å²) in [6.07, 6.45) is -0.140. The van der Waals surface area contributed by atoms with Gasteiger partial charge in [0.2, 0.25) is 0 Å². The summed E-state index contributed by atoms with van der Waals surface area (Å²) < 4.78 is 31.1. The van der Waals surface area contributed by atoms with E-state index >= 15 is 0 Å². The maximum atomic E-state index is 12.0. The van der Waals surface area contributed by atoms with Crippen LogP contribution in [-0.2, 0) is 14.8 Å². The maximum absolute atomic E-state index is 12.0. The SMILES string of the molecule is C=CC(OC(=O)NS(=O)(=O)c1ccc(C)cc1)C(C)(C)C. The van der Waals surface area contributed by atoms with Gasteiger partial charge in [-0.15, -0.1) is 0 Å². The monoisotopic (exact) mass is 311 g/mol. The molecule has 0 aliphatic carbocycles. The molecule has 21 heavy (non-hydrogen) atoms. The summed E-state index contributed by atoms with van der Waals surface area (Å²) in [6.45, 7) is 11.0. The zero-order chi connectivity index (χ0) is 16.3. The molecule has 0 spiro atoms. The number of benzene rings is 1. The Kier molecular flexibility index (Phi) is 5.17. The fraction of sp³-hybridized carbons (Fsp3) is 0.400. The molecule has 1 aromatic rings. The van der Waals surface area contributed by atoms with Crippen LogP contribution in [0.3, 0.4) is 0 Å². The summed E-state index contributed by atoms with van der Waals surface area (Å²) in [6, 6.07) is 6.17. The molecule has 1 atom stereocenters. The van der Waals surface area contributed by atoms with Gasteiger partial charge in [0, 0.05) is 5.41 Å². The topological polar surface area (TPSA) is 72.5 Å². The Balaban J connectivity index is 2.82. The van der Waals surface area contributed by atoms with E-state index in [1.165, 1.54) is 18.2 Å². The van der Waals surface area contributed by atoms with Gasteiger partial charge < -0.3 is 4.74 Å². The standard InChI is InChI=1S/C15H21NO4S/c1-6-13(15(3,4)5)20-14(17)16-21(18,19)12-9-7-11(2)8-10-12/h6-10,13H,1H2,2-5H3,(H,16,17).